The fourth-order valence-electron chi connectivity index (χ4n) is 2.74. The molecule has 1 aromatic carbocycles. The van der Waals surface area contributed by atoms with Crippen molar-refractivity contribution in [1.29, 1.82) is 0 Å². The molecule has 5 nitrogen and oxygen atoms in total. The van der Waals surface area contributed by atoms with Crippen LogP contribution < -0.4 is 15.8 Å². The summed E-state index contributed by atoms with van der Waals surface area (Å²) in [4.78, 5) is 4.53. The Balaban J connectivity index is 1.88. The lowest BCUT2D eigenvalue weighted by atomic mass is 9.67. The zero-order chi connectivity index (χ0) is 15.8. The molecule has 5 heteroatoms. The second-order valence-corrected chi connectivity index (χ2v) is 5.86. The summed E-state index contributed by atoms with van der Waals surface area (Å²) >= 11 is 0. The summed E-state index contributed by atoms with van der Waals surface area (Å²) in [5, 5.41) is 3.12. The molecule has 0 aromatic heterocycles. The minimum Gasteiger partial charge on any atom is -0.497 e. The third-order valence-electron chi connectivity index (χ3n) is 4.32. The molecule has 3 N–H and O–H groups in total. The third-order valence-corrected chi connectivity index (χ3v) is 4.32. The molecule has 0 saturated heterocycles. The van der Waals surface area contributed by atoms with E-state index in [2.05, 4.69) is 10.3 Å². The molecule has 0 spiro atoms. The van der Waals surface area contributed by atoms with Crippen LogP contribution in [0.3, 0.4) is 0 Å². The largest absolute Gasteiger partial charge is 0.497 e. The molecule has 2 rings (SSSR count). The molecule has 1 aliphatic carbocycles. The second-order valence-electron chi connectivity index (χ2n) is 5.86. The number of rotatable bonds is 8. The van der Waals surface area contributed by atoms with E-state index in [9.17, 15) is 0 Å². The number of methoxy groups -OCH3 is 1. The average molecular weight is 305 g/mol. The lowest BCUT2D eigenvalue weighted by Gasteiger charge is -2.40. The predicted octanol–water partition coefficient (Wildman–Crippen LogP) is 3.02. The summed E-state index contributed by atoms with van der Waals surface area (Å²) in [5.74, 6) is 1.25. The highest BCUT2D eigenvalue weighted by Gasteiger charge is 2.36. The molecule has 0 heterocycles. The van der Waals surface area contributed by atoms with Gasteiger partial charge in [0.15, 0.2) is 5.96 Å². The molecule has 0 atom stereocenters. The minimum absolute atomic E-state index is 0.288. The van der Waals surface area contributed by atoms with Crippen molar-refractivity contribution in [2.45, 2.75) is 32.6 Å². The third kappa shape index (κ3) is 4.63. The van der Waals surface area contributed by atoms with Crippen molar-refractivity contribution in [3.05, 3.63) is 24.3 Å². The molecular weight excluding hydrogens is 278 g/mol. The van der Waals surface area contributed by atoms with Gasteiger partial charge in [0, 0.05) is 31.5 Å². The molecule has 0 aliphatic heterocycles. The summed E-state index contributed by atoms with van der Waals surface area (Å²) in [6, 6.07) is 7.66. The van der Waals surface area contributed by atoms with E-state index < -0.39 is 0 Å². The highest BCUT2D eigenvalue weighted by molar-refractivity contribution is 5.92. The van der Waals surface area contributed by atoms with Crippen LogP contribution in [0.4, 0.5) is 5.69 Å². The van der Waals surface area contributed by atoms with Crippen molar-refractivity contribution in [2.24, 2.45) is 16.1 Å². The molecule has 0 bridgehead atoms. The standard InChI is InChI=1S/C17H27N3O2/c1-3-22-11-10-17(8-5-9-17)13-19-16(18)20-14-6-4-7-15(12-14)21-2/h4,6-7,12H,3,5,8-11,13H2,1-2H3,(H3,18,19,20). The SMILES string of the molecule is CCOCCC1(CN=C(N)Nc2cccc(OC)c2)CCC1. The molecule has 0 amide bonds. The number of nitrogens with two attached hydrogens (primary N) is 1. The molecule has 1 saturated carbocycles. The number of hydrogen-bond acceptors (Lipinski definition) is 3. The Bertz CT molecular complexity index is 498. The van der Waals surface area contributed by atoms with Crippen LogP contribution in [-0.2, 0) is 4.74 Å². The highest BCUT2D eigenvalue weighted by atomic mass is 16.5. The number of nitrogens with zero attached hydrogens (tertiary/aromatic N) is 1. The van der Waals surface area contributed by atoms with Crippen molar-refractivity contribution in [1.82, 2.24) is 0 Å². The minimum atomic E-state index is 0.288. The summed E-state index contributed by atoms with van der Waals surface area (Å²) in [5.41, 5.74) is 7.18. The van der Waals surface area contributed by atoms with Gasteiger partial charge in [-0.3, -0.25) is 4.99 Å². The Kier molecular flexibility index (Phi) is 6.07. The zero-order valence-corrected chi connectivity index (χ0v) is 13.6. The highest BCUT2D eigenvalue weighted by Crippen LogP contribution is 2.44. The van der Waals surface area contributed by atoms with E-state index in [1.54, 1.807) is 7.11 Å². The van der Waals surface area contributed by atoms with Gasteiger partial charge in [0.25, 0.3) is 0 Å². The fourth-order valence-corrected chi connectivity index (χ4v) is 2.74. The second kappa shape index (κ2) is 8.03. The van der Waals surface area contributed by atoms with Crippen LogP contribution >= 0.6 is 0 Å². The maximum Gasteiger partial charge on any atom is 0.193 e. The van der Waals surface area contributed by atoms with Gasteiger partial charge >= 0.3 is 0 Å². The Morgan fingerprint density at radius 3 is 2.86 bits per heavy atom. The lowest BCUT2D eigenvalue weighted by molar-refractivity contribution is 0.0610. The van der Waals surface area contributed by atoms with Crippen molar-refractivity contribution < 1.29 is 9.47 Å². The summed E-state index contributed by atoms with van der Waals surface area (Å²) < 4.78 is 10.7. The monoisotopic (exact) mass is 305 g/mol. The first-order valence-corrected chi connectivity index (χ1v) is 7.96. The molecular formula is C17H27N3O2. The average Bonchev–Trinajstić information content (AvgIpc) is 2.49. The van der Waals surface area contributed by atoms with Crippen LogP contribution in [0.1, 0.15) is 32.6 Å². The van der Waals surface area contributed by atoms with Crippen LogP contribution in [0.2, 0.25) is 0 Å². The van der Waals surface area contributed by atoms with Gasteiger partial charge in [-0.05, 0) is 43.7 Å². The first kappa shape index (κ1) is 16.6. The van der Waals surface area contributed by atoms with Crippen LogP contribution in [0.25, 0.3) is 0 Å². The summed E-state index contributed by atoms with van der Waals surface area (Å²) in [6.45, 7) is 4.39. The smallest absolute Gasteiger partial charge is 0.193 e. The van der Waals surface area contributed by atoms with E-state index in [1.165, 1.54) is 19.3 Å². The number of nitrogens with one attached hydrogen (secondary N) is 1. The zero-order valence-electron chi connectivity index (χ0n) is 13.6. The molecule has 1 aliphatic rings. The lowest BCUT2D eigenvalue weighted by Crippen LogP contribution is -2.35. The topological polar surface area (TPSA) is 68.9 Å². The van der Waals surface area contributed by atoms with Crippen LogP contribution in [-0.4, -0.2) is 32.8 Å². The van der Waals surface area contributed by atoms with E-state index >= 15 is 0 Å². The predicted molar refractivity (Wildman–Crippen MR) is 90.5 cm³/mol. The normalized spacial score (nSPS) is 16.9. The molecule has 0 radical (unpaired) electrons. The van der Waals surface area contributed by atoms with Gasteiger partial charge in [-0.15, -0.1) is 0 Å². The van der Waals surface area contributed by atoms with Crippen LogP contribution in [0.5, 0.6) is 5.75 Å². The van der Waals surface area contributed by atoms with E-state index in [0.29, 0.717) is 5.96 Å². The van der Waals surface area contributed by atoms with Crippen LogP contribution in [0, 0.1) is 5.41 Å². The number of benzene rings is 1. The Morgan fingerprint density at radius 1 is 1.41 bits per heavy atom. The van der Waals surface area contributed by atoms with Gasteiger partial charge in [0.2, 0.25) is 0 Å². The molecule has 1 aromatic rings. The summed E-state index contributed by atoms with van der Waals surface area (Å²) in [6.07, 6.45) is 4.79. The van der Waals surface area contributed by atoms with Crippen molar-refractivity contribution in [3.63, 3.8) is 0 Å². The molecule has 0 unspecified atom stereocenters. The van der Waals surface area contributed by atoms with Crippen molar-refractivity contribution in [3.8, 4) is 5.75 Å². The Labute approximate surface area is 132 Å². The van der Waals surface area contributed by atoms with E-state index in [1.807, 2.05) is 31.2 Å². The maximum atomic E-state index is 6.00. The number of aliphatic imine (C=N–C) groups is 1. The van der Waals surface area contributed by atoms with E-state index in [-0.39, 0.29) is 5.41 Å². The van der Waals surface area contributed by atoms with Gasteiger partial charge in [-0.25, -0.2) is 0 Å². The number of anilines is 1. The van der Waals surface area contributed by atoms with Gasteiger partial charge in [-0.2, -0.15) is 0 Å². The molecule has 1 fully saturated rings. The first-order valence-electron chi connectivity index (χ1n) is 7.96. The number of guanidine groups is 1. The van der Waals surface area contributed by atoms with Gasteiger partial charge in [0.1, 0.15) is 5.75 Å². The Hall–Kier alpha value is -1.75. The van der Waals surface area contributed by atoms with E-state index in [4.69, 9.17) is 15.2 Å². The Morgan fingerprint density at radius 2 is 2.23 bits per heavy atom. The fraction of sp³-hybridized carbons (Fsp3) is 0.588. The number of ether oxygens (including phenoxy) is 2. The van der Waals surface area contributed by atoms with E-state index in [0.717, 1.165) is 37.6 Å². The summed E-state index contributed by atoms with van der Waals surface area (Å²) in [7, 11) is 1.65. The van der Waals surface area contributed by atoms with Crippen molar-refractivity contribution in [2.75, 3.05) is 32.2 Å². The maximum absolute atomic E-state index is 6.00. The van der Waals surface area contributed by atoms with Gasteiger partial charge in [0.05, 0.1) is 7.11 Å². The molecule has 22 heavy (non-hydrogen) atoms. The first-order chi connectivity index (χ1) is 10.7. The molecule has 122 valence electrons. The van der Waals surface area contributed by atoms with Crippen molar-refractivity contribution >= 4 is 11.6 Å². The number of hydrogen-bond donors (Lipinski definition) is 2. The van der Waals surface area contributed by atoms with Crippen LogP contribution in [0.15, 0.2) is 29.3 Å². The van der Waals surface area contributed by atoms with Gasteiger partial charge < -0.3 is 20.5 Å². The van der Waals surface area contributed by atoms with Gasteiger partial charge in [-0.1, -0.05) is 12.5 Å². The quantitative estimate of drug-likeness (QED) is 0.440.